The molecule has 19 heavy (non-hydrogen) atoms. The zero-order valence-corrected chi connectivity index (χ0v) is 11.7. The second-order valence-corrected chi connectivity index (χ2v) is 5.98. The molecule has 0 spiro atoms. The Kier molecular flexibility index (Phi) is 4.08. The molecule has 1 N–H and O–H groups in total. The van der Waals surface area contributed by atoms with Gasteiger partial charge in [-0.2, -0.15) is 0 Å². The summed E-state index contributed by atoms with van der Waals surface area (Å²) in [6.07, 6.45) is 6.53. The average molecular weight is 262 g/mol. The maximum Gasteiger partial charge on any atom is 0.272 e. The van der Waals surface area contributed by atoms with E-state index in [9.17, 15) is 10.1 Å². The molecule has 1 saturated carbocycles. The molecule has 1 fully saturated rings. The molecule has 1 aliphatic carbocycles. The van der Waals surface area contributed by atoms with Crippen molar-refractivity contribution in [2.75, 3.05) is 11.9 Å². The first-order chi connectivity index (χ1) is 9.00. The zero-order valence-electron chi connectivity index (χ0n) is 11.7. The molecule has 1 aliphatic rings. The van der Waals surface area contributed by atoms with Crippen LogP contribution < -0.4 is 5.32 Å². The number of hydrogen-bond acceptors (Lipinski definition) is 3. The van der Waals surface area contributed by atoms with Crippen molar-refractivity contribution in [3.8, 4) is 0 Å². The second-order valence-electron chi connectivity index (χ2n) is 5.98. The van der Waals surface area contributed by atoms with E-state index < -0.39 is 0 Å². The number of aryl methyl sites for hydroxylation is 1. The van der Waals surface area contributed by atoms with Gasteiger partial charge in [-0.05, 0) is 37.3 Å². The third-order valence-corrected chi connectivity index (χ3v) is 4.17. The van der Waals surface area contributed by atoms with Crippen molar-refractivity contribution in [3.05, 3.63) is 33.9 Å². The van der Waals surface area contributed by atoms with E-state index in [-0.39, 0.29) is 10.6 Å². The first-order valence-corrected chi connectivity index (χ1v) is 6.99. The molecule has 4 nitrogen and oxygen atoms in total. The highest BCUT2D eigenvalue weighted by Crippen LogP contribution is 2.36. The van der Waals surface area contributed by atoms with E-state index in [4.69, 9.17) is 0 Å². The predicted octanol–water partition coefficient (Wildman–Crippen LogP) is 4.29. The van der Waals surface area contributed by atoms with Crippen LogP contribution in [0.15, 0.2) is 18.2 Å². The van der Waals surface area contributed by atoms with Gasteiger partial charge in [0.15, 0.2) is 0 Å². The fourth-order valence-corrected chi connectivity index (χ4v) is 2.87. The summed E-state index contributed by atoms with van der Waals surface area (Å²) in [7, 11) is 0. The number of nitro groups is 1. The lowest BCUT2D eigenvalue weighted by molar-refractivity contribution is -0.385. The van der Waals surface area contributed by atoms with Crippen molar-refractivity contribution >= 4 is 11.4 Å². The summed E-state index contributed by atoms with van der Waals surface area (Å²) in [5.41, 5.74) is 2.25. The van der Waals surface area contributed by atoms with Crippen LogP contribution in [0.5, 0.6) is 0 Å². The van der Waals surface area contributed by atoms with Gasteiger partial charge in [0.25, 0.3) is 5.69 Å². The maximum absolute atomic E-state index is 10.8. The van der Waals surface area contributed by atoms with Gasteiger partial charge in [0.1, 0.15) is 0 Å². The number of benzene rings is 1. The van der Waals surface area contributed by atoms with Gasteiger partial charge in [0.2, 0.25) is 0 Å². The fourth-order valence-electron chi connectivity index (χ4n) is 2.87. The number of nitro benzene ring substituents is 1. The molecule has 1 aromatic carbocycles. The SMILES string of the molecule is Cc1cc(NCC2(C)CCCCC2)ccc1[N+](=O)[O-]. The van der Waals surface area contributed by atoms with E-state index in [1.807, 2.05) is 6.07 Å². The summed E-state index contributed by atoms with van der Waals surface area (Å²) in [4.78, 5) is 10.4. The fraction of sp³-hybridized carbons (Fsp3) is 0.600. The molecule has 104 valence electrons. The van der Waals surface area contributed by atoms with Crippen molar-refractivity contribution in [2.45, 2.75) is 46.0 Å². The Hall–Kier alpha value is -1.58. The van der Waals surface area contributed by atoms with E-state index in [1.54, 1.807) is 19.1 Å². The van der Waals surface area contributed by atoms with Crippen LogP contribution in [0.2, 0.25) is 0 Å². The van der Waals surface area contributed by atoms with Crippen molar-refractivity contribution in [1.82, 2.24) is 0 Å². The molecule has 0 heterocycles. The van der Waals surface area contributed by atoms with Gasteiger partial charge in [-0.25, -0.2) is 0 Å². The van der Waals surface area contributed by atoms with Crippen LogP contribution in [0.4, 0.5) is 11.4 Å². The molecule has 0 amide bonds. The topological polar surface area (TPSA) is 55.2 Å². The third-order valence-electron chi connectivity index (χ3n) is 4.17. The predicted molar refractivity (Wildman–Crippen MR) is 77.5 cm³/mol. The highest BCUT2D eigenvalue weighted by atomic mass is 16.6. The van der Waals surface area contributed by atoms with E-state index in [1.165, 1.54) is 32.1 Å². The first-order valence-electron chi connectivity index (χ1n) is 6.99. The average Bonchev–Trinajstić information content (AvgIpc) is 2.37. The smallest absolute Gasteiger partial charge is 0.272 e. The molecule has 0 aliphatic heterocycles. The Labute approximate surface area is 114 Å². The van der Waals surface area contributed by atoms with Gasteiger partial charge in [0, 0.05) is 23.9 Å². The molecule has 2 rings (SSSR count). The molecule has 0 bridgehead atoms. The minimum atomic E-state index is -0.332. The lowest BCUT2D eigenvalue weighted by Gasteiger charge is -2.34. The third kappa shape index (κ3) is 3.46. The highest BCUT2D eigenvalue weighted by Gasteiger charge is 2.26. The van der Waals surface area contributed by atoms with Crippen molar-refractivity contribution < 1.29 is 4.92 Å². The lowest BCUT2D eigenvalue weighted by atomic mass is 9.76. The number of anilines is 1. The van der Waals surface area contributed by atoms with Crippen LogP contribution in [-0.4, -0.2) is 11.5 Å². The Morgan fingerprint density at radius 1 is 1.32 bits per heavy atom. The molecule has 1 aromatic rings. The summed E-state index contributed by atoms with van der Waals surface area (Å²) in [5, 5.41) is 14.2. The monoisotopic (exact) mass is 262 g/mol. The number of nitrogens with one attached hydrogen (secondary N) is 1. The Morgan fingerprint density at radius 3 is 2.58 bits per heavy atom. The molecule has 4 heteroatoms. The van der Waals surface area contributed by atoms with Crippen molar-refractivity contribution in [1.29, 1.82) is 0 Å². The summed E-state index contributed by atoms with van der Waals surface area (Å²) in [6.45, 7) is 5.06. The quantitative estimate of drug-likeness (QED) is 0.650. The number of hydrogen-bond donors (Lipinski definition) is 1. The highest BCUT2D eigenvalue weighted by molar-refractivity contribution is 5.53. The van der Waals surface area contributed by atoms with Gasteiger partial charge < -0.3 is 5.32 Å². The van der Waals surface area contributed by atoms with Crippen LogP contribution in [-0.2, 0) is 0 Å². The Bertz CT molecular complexity index is 465. The molecule has 0 aromatic heterocycles. The largest absolute Gasteiger partial charge is 0.384 e. The summed E-state index contributed by atoms with van der Waals surface area (Å²) < 4.78 is 0. The Morgan fingerprint density at radius 2 is 2.00 bits per heavy atom. The van der Waals surface area contributed by atoms with Gasteiger partial charge in [-0.1, -0.05) is 26.2 Å². The Balaban J connectivity index is 2.00. The second kappa shape index (κ2) is 5.59. The van der Waals surface area contributed by atoms with E-state index in [2.05, 4.69) is 12.2 Å². The minimum absolute atomic E-state index is 0.189. The van der Waals surface area contributed by atoms with Crippen molar-refractivity contribution in [2.24, 2.45) is 5.41 Å². The van der Waals surface area contributed by atoms with Crippen LogP contribution in [0.1, 0.15) is 44.6 Å². The van der Waals surface area contributed by atoms with Crippen LogP contribution in [0, 0.1) is 22.5 Å². The van der Waals surface area contributed by atoms with E-state index >= 15 is 0 Å². The van der Waals surface area contributed by atoms with Gasteiger partial charge in [-0.3, -0.25) is 10.1 Å². The summed E-state index contributed by atoms with van der Waals surface area (Å²) in [5.74, 6) is 0. The van der Waals surface area contributed by atoms with Crippen LogP contribution in [0.25, 0.3) is 0 Å². The first kappa shape index (κ1) is 13.8. The summed E-state index contributed by atoms with van der Waals surface area (Å²) >= 11 is 0. The van der Waals surface area contributed by atoms with Crippen molar-refractivity contribution in [3.63, 3.8) is 0 Å². The minimum Gasteiger partial charge on any atom is -0.384 e. The van der Waals surface area contributed by atoms with Crippen LogP contribution in [0.3, 0.4) is 0 Å². The lowest BCUT2D eigenvalue weighted by Crippen LogP contribution is -2.28. The van der Waals surface area contributed by atoms with Gasteiger partial charge in [-0.15, -0.1) is 0 Å². The zero-order chi connectivity index (χ0) is 13.9. The molecular weight excluding hydrogens is 240 g/mol. The van der Waals surface area contributed by atoms with Gasteiger partial charge in [0.05, 0.1) is 4.92 Å². The molecule has 0 saturated heterocycles. The molecular formula is C15H22N2O2. The molecule has 0 atom stereocenters. The number of nitrogens with zero attached hydrogens (tertiary/aromatic N) is 1. The van der Waals surface area contributed by atoms with E-state index in [0.717, 1.165) is 12.2 Å². The normalized spacial score (nSPS) is 18.0. The van der Waals surface area contributed by atoms with Gasteiger partial charge >= 0.3 is 0 Å². The standard InChI is InChI=1S/C15H22N2O2/c1-12-10-13(6-7-14(12)17(18)19)16-11-15(2)8-4-3-5-9-15/h6-7,10,16H,3-5,8-9,11H2,1-2H3. The summed E-state index contributed by atoms with van der Waals surface area (Å²) in [6, 6.07) is 5.25. The number of rotatable bonds is 4. The molecule has 0 radical (unpaired) electrons. The van der Waals surface area contributed by atoms with Crippen LogP contribution >= 0.6 is 0 Å². The van der Waals surface area contributed by atoms with E-state index in [0.29, 0.717) is 11.0 Å². The maximum atomic E-state index is 10.8. The molecule has 0 unspecified atom stereocenters.